The quantitative estimate of drug-likeness (QED) is 0.721. The zero-order chi connectivity index (χ0) is 11.0. The minimum atomic E-state index is -0.465. The van der Waals surface area contributed by atoms with Crippen LogP contribution in [0.5, 0.6) is 0 Å². The van der Waals surface area contributed by atoms with Gasteiger partial charge in [-0.1, -0.05) is 0 Å². The van der Waals surface area contributed by atoms with Crippen molar-refractivity contribution < 1.29 is 4.79 Å². The highest BCUT2D eigenvalue weighted by molar-refractivity contribution is 6.19. The van der Waals surface area contributed by atoms with Gasteiger partial charge >= 0.3 is 0 Å². The Balaban J connectivity index is 2.55. The Kier molecular flexibility index (Phi) is 3.15. The predicted octanol–water partition coefficient (Wildman–Crippen LogP) is 2.56. The van der Waals surface area contributed by atoms with E-state index in [4.69, 9.17) is 11.6 Å². The molecule has 0 heterocycles. The van der Waals surface area contributed by atoms with E-state index in [1.54, 1.807) is 0 Å². The Morgan fingerprint density at radius 1 is 1.36 bits per heavy atom. The molecule has 14 heavy (non-hydrogen) atoms. The van der Waals surface area contributed by atoms with Gasteiger partial charge in [-0.2, -0.15) is 0 Å². The molecule has 1 aliphatic carbocycles. The van der Waals surface area contributed by atoms with Gasteiger partial charge in [-0.3, -0.25) is 4.79 Å². The summed E-state index contributed by atoms with van der Waals surface area (Å²) in [7, 11) is 0. The summed E-state index contributed by atoms with van der Waals surface area (Å²) in [6.45, 7) is 7.93. The molecule has 1 N–H and O–H groups in total. The van der Waals surface area contributed by atoms with E-state index < -0.39 is 5.41 Å². The van der Waals surface area contributed by atoms with Gasteiger partial charge in [-0.15, -0.1) is 11.6 Å². The number of carbonyl (C=O) groups is 1. The van der Waals surface area contributed by atoms with Crippen LogP contribution in [0.4, 0.5) is 0 Å². The lowest BCUT2D eigenvalue weighted by molar-refractivity contribution is -0.130. The number of hydrogen-bond acceptors (Lipinski definition) is 1. The molecule has 1 aliphatic rings. The summed E-state index contributed by atoms with van der Waals surface area (Å²) in [4.78, 5) is 11.8. The van der Waals surface area contributed by atoms with Crippen molar-refractivity contribution in [2.45, 2.75) is 46.1 Å². The molecule has 0 aromatic rings. The van der Waals surface area contributed by atoms with Crippen LogP contribution in [-0.4, -0.2) is 17.3 Å². The van der Waals surface area contributed by atoms with Crippen molar-refractivity contribution in [3.63, 3.8) is 0 Å². The highest BCUT2D eigenvalue weighted by Crippen LogP contribution is 2.39. The molecule has 1 saturated carbocycles. The van der Waals surface area contributed by atoms with Gasteiger partial charge in [0.05, 0.1) is 5.41 Å². The maximum atomic E-state index is 11.8. The van der Waals surface area contributed by atoms with Crippen LogP contribution in [0.25, 0.3) is 0 Å². The molecule has 3 heteroatoms. The van der Waals surface area contributed by atoms with Gasteiger partial charge < -0.3 is 5.32 Å². The van der Waals surface area contributed by atoms with Crippen molar-refractivity contribution in [2.75, 3.05) is 5.88 Å². The van der Waals surface area contributed by atoms with E-state index in [0.29, 0.717) is 11.8 Å². The van der Waals surface area contributed by atoms with E-state index in [1.165, 1.54) is 12.8 Å². The first-order valence-electron chi connectivity index (χ1n) is 5.18. The fourth-order valence-corrected chi connectivity index (χ4v) is 1.55. The van der Waals surface area contributed by atoms with Gasteiger partial charge in [0.2, 0.25) is 5.91 Å². The Morgan fingerprint density at radius 3 is 2.21 bits per heavy atom. The zero-order valence-corrected chi connectivity index (χ0v) is 10.2. The van der Waals surface area contributed by atoms with Gasteiger partial charge in [0.1, 0.15) is 0 Å². The van der Waals surface area contributed by atoms with E-state index >= 15 is 0 Å². The van der Waals surface area contributed by atoms with E-state index in [9.17, 15) is 4.79 Å². The summed E-state index contributed by atoms with van der Waals surface area (Å²) in [5.74, 6) is 1.07. The topological polar surface area (TPSA) is 29.1 Å². The van der Waals surface area contributed by atoms with Crippen LogP contribution in [0.15, 0.2) is 0 Å². The van der Waals surface area contributed by atoms with Crippen molar-refractivity contribution in [3.05, 3.63) is 0 Å². The third-order valence-corrected chi connectivity index (χ3v) is 3.65. The van der Waals surface area contributed by atoms with Crippen molar-refractivity contribution in [1.82, 2.24) is 5.32 Å². The highest BCUT2D eigenvalue weighted by atomic mass is 35.5. The summed E-state index contributed by atoms with van der Waals surface area (Å²) in [6, 6.07) is 0. The zero-order valence-electron chi connectivity index (χ0n) is 9.48. The molecule has 1 amide bonds. The maximum absolute atomic E-state index is 11.8. The third-order valence-electron chi connectivity index (χ3n) is 2.98. The Hall–Kier alpha value is -0.240. The number of amides is 1. The minimum absolute atomic E-state index is 0.0596. The average Bonchev–Trinajstić information content (AvgIpc) is 2.85. The molecule has 1 fully saturated rings. The summed E-state index contributed by atoms with van der Waals surface area (Å²) < 4.78 is 0. The number of rotatable bonds is 4. The van der Waals surface area contributed by atoms with Gasteiger partial charge in [-0.25, -0.2) is 0 Å². The molecule has 0 radical (unpaired) electrons. The van der Waals surface area contributed by atoms with E-state index in [-0.39, 0.29) is 11.4 Å². The van der Waals surface area contributed by atoms with Gasteiger partial charge in [0, 0.05) is 11.4 Å². The molecule has 1 rings (SSSR count). The highest BCUT2D eigenvalue weighted by Gasteiger charge is 2.41. The molecule has 0 unspecified atom stereocenters. The molecular formula is C11H20ClNO. The second-order valence-electron chi connectivity index (χ2n) is 5.47. The number of alkyl halides is 1. The smallest absolute Gasteiger partial charge is 0.227 e. The number of nitrogens with one attached hydrogen (secondary N) is 1. The van der Waals surface area contributed by atoms with Crippen LogP contribution in [-0.2, 0) is 4.79 Å². The van der Waals surface area contributed by atoms with Crippen molar-refractivity contribution >= 4 is 17.5 Å². The van der Waals surface area contributed by atoms with Gasteiger partial charge in [0.25, 0.3) is 0 Å². The Bertz CT molecular complexity index is 231. The number of hydrogen-bond donors (Lipinski definition) is 1. The third kappa shape index (κ3) is 2.63. The molecule has 0 aromatic heterocycles. The SMILES string of the molecule is CC(C)(CCl)C(=O)NC(C)(C)C1CC1. The first-order valence-corrected chi connectivity index (χ1v) is 5.71. The fourth-order valence-electron chi connectivity index (χ4n) is 1.43. The van der Waals surface area contributed by atoms with Crippen LogP contribution >= 0.6 is 11.6 Å². The first kappa shape index (κ1) is 11.8. The lowest BCUT2D eigenvalue weighted by atomic mass is 9.91. The van der Waals surface area contributed by atoms with E-state index in [2.05, 4.69) is 19.2 Å². The van der Waals surface area contributed by atoms with Crippen molar-refractivity contribution in [1.29, 1.82) is 0 Å². The molecule has 0 saturated heterocycles. The monoisotopic (exact) mass is 217 g/mol. The lowest BCUT2D eigenvalue weighted by Crippen LogP contribution is -2.50. The predicted molar refractivity (Wildman–Crippen MR) is 59.4 cm³/mol. The maximum Gasteiger partial charge on any atom is 0.227 e. The van der Waals surface area contributed by atoms with Crippen LogP contribution in [0.3, 0.4) is 0 Å². The average molecular weight is 218 g/mol. The van der Waals surface area contributed by atoms with Gasteiger partial charge in [-0.05, 0) is 46.5 Å². The second-order valence-corrected chi connectivity index (χ2v) is 5.73. The van der Waals surface area contributed by atoms with Crippen molar-refractivity contribution in [3.8, 4) is 0 Å². The standard InChI is InChI=1S/C11H20ClNO/c1-10(2,7-12)9(14)13-11(3,4)8-5-6-8/h8H,5-7H2,1-4H3,(H,13,14). The van der Waals surface area contributed by atoms with Crippen LogP contribution in [0.1, 0.15) is 40.5 Å². The number of carbonyl (C=O) groups excluding carboxylic acids is 1. The van der Waals surface area contributed by atoms with Crippen LogP contribution < -0.4 is 5.32 Å². The summed E-state index contributed by atoms with van der Waals surface area (Å²) >= 11 is 5.75. The molecule has 0 spiro atoms. The summed E-state index contributed by atoms with van der Waals surface area (Å²) in [5.41, 5.74) is -0.534. The largest absolute Gasteiger partial charge is 0.350 e. The van der Waals surface area contributed by atoms with Crippen LogP contribution in [0.2, 0.25) is 0 Å². The molecule has 0 aromatic carbocycles. The van der Waals surface area contributed by atoms with E-state index in [1.807, 2.05) is 13.8 Å². The lowest BCUT2D eigenvalue weighted by Gasteiger charge is -2.31. The minimum Gasteiger partial charge on any atom is -0.350 e. The molecule has 0 atom stereocenters. The van der Waals surface area contributed by atoms with Crippen molar-refractivity contribution in [2.24, 2.45) is 11.3 Å². The molecular weight excluding hydrogens is 198 g/mol. The number of halogens is 1. The summed E-state index contributed by atoms with van der Waals surface area (Å²) in [5, 5.41) is 3.09. The molecule has 0 bridgehead atoms. The Morgan fingerprint density at radius 2 is 1.86 bits per heavy atom. The second kappa shape index (κ2) is 3.73. The molecule has 0 aliphatic heterocycles. The Labute approximate surface area is 91.4 Å². The van der Waals surface area contributed by atoms with E-state index in [0.717, 1.165) is 0 Å². The first-order chi connectivity index (χ1) is 6.29. The normalized spacial score (nSPS) is 18.1. The summed E-state index contributed by atoms with van der Waals surface area (Å²) in [6.07, 6.45) is 2.46. The van der Waals surface area contributed by atoms with Crippen LogP contribution in [0, 0.1) is 11.3 Å². The fraction of sp³-hybridized carbons (Fsp3) is 0.909. The molecule has 2 nitrogen and oxygen atoms in total. The van der Waals surface area contributed by atoms with Gasteiger partial charge in [0.15, 0.2) is 0 Å². The molecule has 82 valence electrons.